The number of Topliss-reactive ketones (excluding diaryl/α,β-unsaturated/α-hetero) is 1. The Labute approximate surface area is 190 Å². The molecule has 0 radical (unpaired) electrons. The number of esters is 1. The van der Waals surface area contributed by atoms with Crippen molar-refractivity contribution < 1.29 is 18.7 Å². The van der Waals surface area contributed by atoms with Gasteiger partial charge in [-0.15, -0.1) is 5.10 Å². The molecule has 9 heteroatoms. The van der Waals surface area contributed by atoms with Gasteiger partial charge in [-0.2, -0.15) is 4.98 Å². The molecule has 0 amide bonds. The third kappa shape index (κ3) is 4.67. The summed E-state index contributed by atoms with van der Waals surface area (Å²) < 4.78 is 21.8. The van der Waals surface area contributed by atoms with Crippen molar-refractivity contribution in [3.63, 3.8) is 0 Å². The van der Waals surface area contributed by atoms with E-state index in [1.807, 2.05) is 38.3 Å². The maximum Gasteiger partial charge on any atom is 0.378 e. The molecule has 0 N–H and O–H groups in total. The van der Waals surface area contributed by atoms with E-state index in [0.717, 1.165) is 28.3 Å². The van der Waals surface area contributed by atoms with Crippen LogP contribution in [0.3, 0.4) is 0 Å². The topological polar surface area (TPSA) is 91.4 Å². The lowest BCUT2D eigenvalue weighted by atomic mass is 10.1. The van der Waals surface area contributed by atoms with Gasteiger partial charge in [-0.3, -0.25) is 4.79 Å². The van der Waals surface area contributed by atoms with Crippen molar-refractivity contribution in [2.24, 2.45) is 0 Å². The average Bonchev–Trinajstić information content (AvgIpc) is 3.32. The highest BCUT2D eigenvalue weighted by Crippen LogP contribution is 2.17. The van der Waals surface area contributed by atoms with Gasteiger partial charge in [0, 0.05) is 34.9 Å². The Morgan fingerprint density at radius 1 is 1.00 bits per heavy atom. The number of hydrogen-bond acceptors (Lipinski definition) is 6. The van der Waals surface area contributed by atoms with Crippen molar-refractivity contribution in [2.45, 2.75) is 40.7 Å². The number of ketones is 1. The van der Waals surface area contributed by atoms with Crippen LogP contribution in [0.4, 0.5) is 4.39 Å². The molecular formula is C24H24FN5O3. The van der Waals surface area contributed by atoms with Crippen LogP contribution in [-0.2, 0) is 17.7 Å². The highest BCUT2D eigenvalue weighted by Gasteiger charge is 2.21. The molecule has 0 unspecified atom stereocenters. The highest BCUT2D eigenvalue weighted by molar-refractivity contribution is 6.00. The molecule has 33 heavy (non-hydrogen) atoms. The standard InChI is InChI=1S/C24H24FN5O3/c1-14-11-16(3)30-24(26-14)27-22(28-30)23(32)33-13-21(31)20-12-15(2)29(17(20)4)10-9-18-5-7-19(25)8-6-18/h5-8,11-12H,9-10,13H2,1-4H3. The number of halogens is 1. The molecule has 0 spiro atoms. The summed E-state index contributed by atoms with van der Waals surface area (Å²) >= 11 is 0. The molecule has 8 nitrogen and oxygen atoms in total. The number of rotatable bonds is 7. The second kappa shape index (κ2) is 8.93. The van der Waals surface area contributed by atoms with E-state index in [9.17, 15) is 14.0 Å². The first-order valence-corrected chi connectivity index (χ1v) is 10.6. The van der Waals surface area contributed by atoms with Crippen LogP contribution in [0.1, 0.15) is 49.3 Å². The van der Waals surface area contributed by atoms with Gasteiger partial charge in [-0.25, -0.2) is 18.7 Å². The molecule has 0 aliphatic heterocycles. The van der Waals surface area contributed by atoms with Gasteiger partial charge in [0.05, 0.1) is 0 Å². The number of nitrogens with zero attached hydrogens (tertiary/aromatic N) is 5. The third-order valence-corrected chi connectivity index (χ3v) is 5.55. The van der Waals surface area contributed by atoms with Crippen LogP contribution in [0.5, 0.6) is 0 Å². The van der Waals surface area contributed by atoms with Crippen molar-refractivity contribution in [3.05, 3.63) is 81.9 Å². The van der Waals surface area contributed by atoms with Gasteiger partial charge in [-0.1, -0.05) is 12.1 Å². The van der Waals surface area contributed by atoms with Gasteiger partial charge in [0.1, 0.15) is 5.82 Å². The average molecular weight is 449 g/mol. The lowest BCUT2D eigenvalue weighted by Crippen LogP contribution is -2.16. The fourth-order valence-corrected chi connectivity index (χ4v) is 3.85. The fraction of sp³-hybridized carbons (Fsp3) is 0.292. The van der Waals surface area contributed by atoms with Gasteiger partial charge >= 0.3 is 5.97 Å². The molecule has 0 aliphatic rings. The van der Waals surface area contributed by atoms with Gasteiger partial charge in [0.15, 0.2) is 6.61 Å². The summed E-state index contributed by atoms with van der Waals surface area (Å²) in [7, 11) is 0. The van der Waals surface area contributed by atoms with Gasteiger partial charge < -0.3 is 9.30 Å². The fourth-order valence-electron chi connectivity index (χ4n) is 3.85. The number of aryl methyl sites for hydroxylation is 4. The molecule has 0 fully saturated rings. The molecule has 0 atom stereocenters. The predicted octanol–water partition coefficient (Wildman–Crippen LogP) is 3.58. The number of hydrogen-bond donors (Lipinski definition) is 0. The second-order valence-corrected chi connectivity index (χ2v) is 8.00. The Hall–Kier alpha value is -3.88. The molecule has 170 valence electrons. The number of fused-ring (bicyclic) bond motifs is 1. The van der Waals surface area contributed by atoms with Crippen molar-refractivity contribution in [3.8, 4) is 0 Å². The molecule has 1 aromatic carbocycles. The molecule has 3 aromatic heterocycles. The molecule has 0 saturated heterocycles. The van der Waals surface area contributed by atoms with E-state index in [1.165, 1.54) is 16.6 Å². The Bertz CT molecular complexity index is 1350. The molecule has 0 saturated carbocycles. The minimum atomic E-state index is -0.781. The zero-order valence-electron chi connectivity index (χ0n) is 18.9. The maximum atomic E-state index is 13.1. The Morgan fingerprint density at radius 3 is 2.45 bits per heavy atom. The number of carbonyl (C=O) groups excluding carboxylic acids is 2. The number of benzene rings is 1. The highest BCUT2D eigenvalue weighted by atomic mass is 19.1. The lowest BCUT2D eigenvalue weighted by molar-refractivity contribution is 0.0462. The quantitative estimate of drug-likeness (QED) is 0.316. The van der Waals surface area contributed by atoms with E-state index in [4.69, 9.17) is 4.74 Å². The minimum absolute atomic E-state index is 0.145. The smallest absolute Gasteiger partial charge is 0.378 e. The molecule has 0 bridgehead atoms. The number of ether oxygens (including phenoxy) is 1. The van der Waals surface area contributed by atoms with Crippen molar-refractivity contribution in [1.29, 1.82) is 0 Å². The molecule has 0 aliphatic carbocycles. The molecule has 4 aromatic rings. The van der Waals surface area contributed by atoms with Crippen LogP contribution in [0, 0.1) is 33.5 Å². The van der Waals surface area contributed by atoms with Crippen LogP contribution in [0.25, 0.3) is 5.78 Å². The summed E-state index contributed by atoms with van der Waals surface area (Å²) in [5, 5.41) is 4.13. The largest absolute Gasteiger partial charge is 0.451 e. The van der Waals surface area contributed by atoms with Crippen molar-refractivity contribution in [1.82, 2.24) is 24.1 Å². The van der Waals surface area contributed by atoms with Gasteiger partial charge in [0.2, 0.25) is 5.78 Å². The SMILES string of the molecule is Cc1cc(C)n2nc(C(=O)OCC(=O)c3cc(C)n(CCc4ccc(F)cc4)c3C)nc2n1. The first kappa shape index (κ1) is 22.3. The Balaban J connectivity index is 1.42. The van der Waals surface area contributed by atoms with E-state index < -0.39 is 12.6 Å². The van der Waals surface area contributed by atoms with E-state index in [2.05, 4.69) is 15.1 Å². The maximum absolute atomic E-state index is 13.1. The summed E-state index contributed by atoms with van der Waals surface area (Å²) in [4.78, 5) is 33.5. The summed E-state index contributed by atoms with van der Waals surface area (Å²) in [5.74, 6) is -1.20. The van der Waals surface area contributed by atoms with E-state index in [0.29, 0.717) is 24.3 Å². The summed E-state index contributed by atoms with van der Waals surface area (Å²) in [5.41, 5.74) is 4.76. The van der Waals surface area contributed by atoms with Crippen LogP contribution in [0.15, 0.2) is 36.4 Å². The summed E-state index contributed by atoms with van der Waals surface area (Å²) in [6, 6.07) is 9.98. The normalized spacial score (nSPS) is 11.2. The lowest BCUT2D eigenvalue weighted by Gasteiger charge is -2.10. The summed E-state index contributed by atoms with van der Waals surface area (Å²) in [6.07, 6.45) is 0.700. The Morgan fingerprint density at radius 2 is 1.73 bits per heavy atom. The van der Waals surface area contributed by atoms with Crippen LogP contribution in [-0.4, -0.2) is 42.5 Å². The molecular weight excluding hydrogens is 425 g/mol. The monoisotopic (exact) mass is 449 g/mol. The van der Waals surface area contributed by atoms with Gasteiger partial charge in [-0.05, 0) is 63.9 Å². The zero-order valence-corrected chi connectivity index (χ0v) is 18.9. The van der Waals surface area contributed by atoms with Crippen LogP contribution in [0.2, 0.25) is 0 Å². The van der Waals surface area contributed by atoms with Gasteiger partial charge in [0.25, 0.3) is 11.6 Å². The molecule has 3 heterocycles. The van der Waals surface area contributed by atoms with E-state index in [1.54, 1.807) is 18.2 Å². The zero-order chi connectivity index (χ0) is 23.7. The van der Waals surface area contributed by atoms with Crippen molar-refractivity contribution in [2.75, 3.05) is 6.61 Å². The number of carbonyl (C=O) groups is 2. The first-order valence-electron chi connectivity index (χ1n) is 10.6. The number of aromatic nitrogens is 5. The summed E-state index contributed by atoms with van der Waals surface area (Å²) in [6.45, 7) is 7.66. The van der Waals surface area contributed by atoms with Crippen LogP contribution >= 0.6 is 0 Å². The van der Waals surface area contributed by atoms with Crippen LogP contribution < -0.4 is 0 Å². The predicted molar refractivity (Wildman–Crippen MR) is 119 cm³/mol. The molecule has 4 rings (SSSR count). The van der Waals surface area contributed by atoms with Crippen molar-refractivity contribution >= 4 is 17.5 Å². The third-order valence-electron chi connectivity index (χ3n) is 5.55. The minimum Gasteiger partial charge on any atom is -0.451 e. The second-order valence-electron chi connectivity index (χ2n) is 8.00. The van der Waals surface area contributed by atoms with E-state index in [-0.39, 0.29) is 17.4 Å². The van der Waals surface area contributed by atoms with E-state index >= 15 is 0 Å². The Kier molecular flexibility index (Phi) is 6.04. The first-order chi connectivity index (χ1) is 15.7.